The van der Waals surface area contributed by atoms with Gasteiger partial charge in [0.1, 0.15) is 12.2 Å². The summed E-state index contributed by atoms with van der Waals surface area (Å²) in [5, 5.41) is 9.26. The highest BCUT2D eigenvalue weighted by Crippen LogP contribution is 2.25. The van der Waals surface area contributed by atoms with E-state index in [1.165, 1.54) is 10.9 Å². The van der Waals surface area contributed by atoms with Crippen molar-refractivity contribution in [2.24, 2.45) is 7.05 Å². The van der Waals surface area contributed by atoms with Crippen LogP contribution in [0.2, 0.25) is 5.02 Å². The minimum Gasteiger partial charge on any atom is -0.339 e. The fraction of sp³-hybridized carbons (Fsp3) is 0.286. The molecule has 0 saturated carbocycles. The van der Waals surface area contributed by atoms with Gasteiger partial charge in [0.05, 0.1) is 12.1 Å². The smallest absolute Gasteiger partial charge is 0.146 e. The van der Waals surface area contributed by atoms with Gasteiger partial charge in [0.25, 0.3) is 0 Å². The summed E-state index contributed by atoms with van der Waals surface area (Å²) < 4.78 is 3.95. The highest BCUT2D eigenvalue weighted by atomic mass is 35.5. The molecule has 0 atom stereocenters. The molecule has 104 valence electrons. The molecule has 20 heavy (non-hydrogen) atoms. The Morgan fingerprint density at radius 3 is 2.90 bits per heavy atom. The third-order valence-electron chi connectivity index (χ3n) is 3.41. The van der Waals surface area contributed by atoms with Crippen molar-refractivity contribution in [1.82, 2.24) is 24.6 Å². The van der Waals surface area contributed by atoms with Gasteiger partial charge in [-0.3, -0.25) is 4.68 Å². The number of aromatic nitrogens is 4. The van der Waals surface area contributed by atoms with Crippen molar-refractivity contribution in [1.29, 1.82) is 0 Å². The van der Waals surface area contributed by atoms with E-state index in [2.05, 4.69) is 32.2 Å². The third kappa shape index (κ3) is 2.30. The van der Waals surface area contributed by atoms with Crippen molar-refractivity contribution in [3.05, 3.63) is 47.1 Å². The number of halogens is 1. The van der Waals surface area contributed by atoms with E-state index in [0.717, 1.165) is 22.9 Å². The van der Waals surface area contributed by atoms with Gasteiger partial charge in [0.2, 0.25) is 0 Å². The molecule has 2 aromatic heterocycles. The maximum atomic E-state index is 6.13. The van der Waals surface area contributed by atoms with E-state index in [4.69, 9.17) is 11.6 Å². The van der Waals surface area contributed by atoms with E-state index >= 15 is 0 Å². The topological polar surface area (TPSA) is 47.7 Å². The van der Waals surface area contributed by atoms with Crippen LogP contribution in [0.25, 0.3) is 10.9 Å². The van der Waals surface area contributed by atoms with Crippen molar-refractivity contribution in [3.8, 4) is 0 Å². The number of hydrogen-bond donors (Lipinski definition) is 1. The van der Waals surface area contributed by atoms with Crippen LogP contribution in [0.3, 0.4) is 0 Å². The van der Waals surface area contributed by atoms with Gasteiger partial charge in [-0.15, -0.1) is 0 Å². The number of hydrogen-bond acceptors (Lipinski definition) is 3. The Bertz CT molecular complexity index is 743. The van der Waals surface area contributed by atoms with E-state index in [1.807, 2.05) is 26.2 Å². The lowest BCUT2D eigenvalue weighted by Gasteiger charge is -2.04. The van der Waals surface area contributed by atoms with Gasteiger partial charge in [0.15, 0.2) is 0 Å². The molecule has 2 heterocycles. The fourth-order valence-electron chi connectivity index (χ4n) is 2.42. The summed E-state index contributed by atoms with van der Waals surface area (Å²) in [5.41, 5.74) is 2.37. The molecule has 0 amide bonds. The normalized spacial score (nSPS) is 11.3. The van der Waals surface area contributed by atoms with Gasteiger partial charge >= 0.3 is 0 Å². The van der Waals surface area contributed by atoms with Crippen molar-refractivity contribution in [2.75, 3.05) is 7.05 Å². The van der Waals surface area contributed by atoms with E-state index in [0.29, 0.717) is 6.54 Å². The zero-order chi connectivity index (χ0) is 14.1. The van der Waals surface area contributed by atoms with Crippen molar-refractivity contribution in [3.63, 3.8) is 0 Å². The SMILES string of the molecule is CNCc1cn(Cc2ncnn2C)c2cc(Cl)ccc12. The lowest BCUT2D eigenvalue weighted by atomic mass is 10.2. The van der Waals surface area contributed by atoms with Crippen LogP contribution >= 0.6 is 11.6 Å². The van der Waals surface area contributed by atoms with Crippen molar-refractivity contribution in [2.45, 2.75) is 13.1 Å². The molecule has 0 aliphatic heterocycles. The average molecular weight is 290 g/mol. The first-order valence-corrected chi connectivity index (χ1v) is 6.81. The second-order valence-corrected chi connectivity index (χ2v) is 5.21. The van der Waals surface area contributed by atoms with E-state index in [-0.39, 0.29) is 0 Å². The Morgan fingerprint density at radius 1 is 1.35 bits per heavy atom. The lowest BCUT2D eigenvalue weighted by Crippen LogP contribution is -2.06. The zero-order valence-electron chi connectivity index (χ0n) is 11.5. The molecule has 0 saturated heterocycles. The average Bonchev–Trinajstić information content (AvgIpc) is 2.96. The summed E-state index contributed by atoms with van der Waals surface area (Å²) in [5.74, 6) is 0.915. The quantitative estimate of drug-likeness (QED) is 0.801. The Kier molecular flexibility index (Phi) is 3.46. The van der Waals surface area contributed by atoms with Crippen LogP contribution < -0.4 is 5.32 Å². The Hall–Kier alpha value is -1.85. The van der Waals surface area contributed by atoms with Crippen LogP contribution in [0.4, 0.5) is 0 Å². The predicted octanol–water partition coefficient (Wildman–Crippen LogP) is 2.19. The molecule has 3 aromatic rings. The maximum Gasteiger partial charge on any atom is 0.146 e. The highest BCUT2D eigenvalue weighted by molar-refractivity contribution is 6.31. The van der Waals surface area contributed by atoms with Gasteiger partial charge < -0.3 is 9.88 Å². The second kappa shape index (κ2) is 5.26. The minimum atomic E-state index is 0.678. The molecule has 3 rings (SSSR count). The van der Waals surface area contributed by atoms with Gasteiger partial charge in [-0.25, -0.2) is 4.98 Å². The van der Waals surface area contributed by atoms with Crippen LogP contribution in [-0.2, 0) is 20.1 Å². The number of benzene rings is 1. The lowest BCUT2D eigenvalue weighted by molar-refractivity contribution is 0.662. The van der Waals surface area contributed by atoms with Crippen LogP contribution in [0.1, 0.15) is 11.4 Å². The highest BCUT2D eigenvalue weighted by Gasteiger charge is 2.10. The Labute approximate surface area is 122 Å². The van der Waals surface area contributed by atoms with Gasteiger partial charge in [-0.2, -0.15) is 5.10 Å². The number of fused-ring (bicyclic) bond motifs is 1. The largest absolute Gasteiger partial charge is 0.339 e. The van der Waals surface area contributed by atoms with E-state index in [1.54, 1.807) is 11.0 Å². The van der Waals surface area contributed by atoms with Crippen LogP contribution in [0.15, 0.2) is 30.7 Å². The van der Waals surface area contributed by atoms with Crippen LogP contribution in [-0.4, -0.2) is 26.4 Å². The Balaban J connectivity index is 2.09. The van der Waals surface area contributed by atoms with Gasteiger partial charge in [0, 0.05) is 30.2 Å². The van der Waals surface area contributed by atoms with E-state index in [9.17, 15) is 0 Å². The second-order valence-electron chi connectivity index (χ2n) is 4.77. The number of aryl methyl sites for hydroxylation is 1. The zero-order valence-corrected chi connectivity index (χ0v) is 12.2. The molecular weight excluding hydrogens is 274 g/mol. The minimum absolute atomic E-state index is 0.678. The molecule has 1 aromatic carbocycles. The molecule has 0 spiro atoms. The summed E-state index contributed by atoms with van der Waals surface area (Å²) in [6, 6.07) is 5.99. The molecule has 0 unspecified atom stereocenters. The fourth-order valence-corrected chi connectivity index (χ4v) is 2.59. The summed E-state index contributed by atoms with van der Waals surface area (Å²) >= 11 is 6.13. The predicted molar refractivity (Wildman–Crippen MR) is 79.8 cm³/mol. The molecule has 6 heteroatoms. The monoisotopic (exact) mass is 289 g/mol. The summed E-state index contributed by atoms with van der Waals surface area (Å²) in [6.45, 7) is 1.50. The first-order chi connectivity index (χ1) is 9.69. The number of nitrogens with one attached hydrogen (secondary N) is 1. The molecule has 0 aliphatic rings. The third-order valence-corrected chi connectivity index (χ3v) is 3.65. The summed E-state index contributed by atoms with van der Waals surface area (Å²) in [6.07, 6.45) is 3.72. The standard InChI is InChI=1S/C14H16ClN5/c1-16-6-10-7-20(8-14-17-9-18-19(14)2)13-5-11(15)3-4-12(10)13/h3-5,7,9,16H,6,8H2,1-2H3. The molecule has 0 fully saturated rings. The van der Waals surface area contributed by atoms with Gasteiger partial charge in [-0.05, 0) is 24.7 Å². The van der Waals surface area contributed by atoms with Crippen molar-refractivity contribution >= 4 is 22.5 Å². The van der Waals surface area contributed by atoms with Crippen LogP contribution in [0, 0.1) is 0 Å². The molecule has 1 N–H and O–H groups in total. The molecule has 0 radical (unpaired) electrons. The molecular formula is C14H16ClN5. The summed E-state index contributed by atoms with van der Waals surface area (Å²) in [4.78, 5) is 4.28. The molecule has 0 bridgehead atoms. The molecule has 0 aliphatic carbocycles. The summed E-state index contributed by atoms with van der Waals surface area (Å²) in [7, 11) is 3.84. The number of rotatable bonds is 4. The Morgan fingerprint density at radius 2 is 2.20 bits per heavy atom. The van der Waals surface area contributed by atoms with Gasteiger partial charge in [-0.1, -0.05) is 17.7 Å². The molecule has 5 nitrogen and oxygen atoms in total. The van der Waals surface area contributed by atoms with Crippen LogP contribution in [0.5, 0.6) is 0 Å². The first kappa shape index (κ1) is 13.1. The van der Waals surface area contributed by atoms with E-state index < -0.39 is 0 Å². The first-order valence-electron chi connectivity index (χ1n) is 6.44. The van der Waals surface area contributed by atoms with Crippen molar-refractivity contribution < 1.29 is 0 Å². The number of nitrogens with zero attached hydrogens (tertiary/aromatic N) is 4. The maximum absolute atomic E-state index is 6.13.